The number of anilines is 1. The molecule has 0 aliphatic heterocycles. The minimum Gasteiger partial charge on any atom is -0.326 e. The molecule has 0 unspecified atom stereocenters. The summed E-state index contributed by atoms with van der Waals surface area (Å²) in [6.07, 6.45) is 3.54. The highest BCUT2D eigenvalue weighted by atomic mass is 16.1. The van der Waals surface area contributed by atoms with E-state index in [4.69, 9.17) is 0 Å². The Bertz CT molecular complexity index is 1070. The number of amides is 1. The number of pyridine rings is 1. The number of rotatable bonds is 4. The van der Waals surface area contributed by atoms with Gasteiger partial charge in [0, 0.05) is 17.3 Å². The summed E-state index contributed by atoms with van der Waals surface area (Å²) < 4.78 is 1.59. The summed E-state index contributed by atoms with van der Waals surface area (Å²) in [5.41, 5.74) is 4.32. The summed E-state index contributed by atoms with van der Waals surface area (Å²) >= 11 is 0. The molecule has 0 aliphatic rings. The molecule has 4 rings (SSSR count). The molecule has 2 heterocycles. The lowest BCUT2D eigenvalue weighted by atomic mass is 10.1. The van der Waals surface area contributed by atoms with Crippen LogP contribution < -0.4 is 5.32 Å². The summed E-state index contributed by atoms with van der Waals surface area (Å²) in [4.78, 5) is 16.9. The molecule has 0 spiro atoms. The van der Waals surface area contributed by atoms with E-state index in [-0.39, 0.29) is 12.3 Å². The number of nitrogens with one attached hydrogen (secondary N) is 1. The van der Waals surface area contributed by atoms with Crippen molar-refractivity contribution in [2.75, 3.05) is 5.32 Å². The molecule has 0 aliphatic carbocycles. The molecular formula is C19H16N6O. The van der Waals surface area contributed by atoms with Crippen LogP contribution in [0, 0.1) is 6.92 Å². The molecule has 128 valence electrons. The first-order chi connectivity index (χ1) is 12.7. The fraction of sp³-hybridized carbons (Fsp3) is 0.105. The van der Waals surface area contributed by atoms with Gasteiger partial charge in [-0.25, -0.2) is 4.68 Å². The Balaban J connectivity index is 1.52. The zero-order valence-electron chi connectivity index (χ0n) is 14.1. The average Bonchev–Trinajstić information content (AvgIpc) is 3.16. The lowest BCUT2D eigenvalue weighted by Crippen LogP contribution is -2.15. The summed E-state index contributed by atoms with van der Waals surface area (Å²) in [5, 5.41) is 15.1. The van der Waals surface area contributed by atoms with Crippen LogP contribution in [0.25, 0.3) is 16.6 Å². The van der Waals surface area contributed by atoms with Crippen LogP contribution in [0.15, 0.2) is 61.1 Å². The number of benzene rings is 2. The number of nitrogens with zero attached hydrogens (tertiary/aromatic N) is 5. The van der Waals surface area contributed by atoms with Gasteiger partial charge >= 0.3 is 0 Å². The van der Waals surface area contributed by atoms with Crippen molar-refractivity contribution in [1.82, 2.24) is 25.2 Å². The van der Waals surface area contributed by atoms with Crippen molar-refractivity contribution < 1.29 is 4.79 Å². The second-order valence-corrected chi connectivity index (χ2v) is 5.97. The second-order valence-electron chi connectivity index (χ2n) is 5.97. The SMILES string of the molecule is Cc1cc(NC(=O)Cc2cccc3cccnc23)ccc1-n1cnnn1. The van der Waals surface area contributed by atoms with Crippen LogP contribution in [0.3, 0.4) is 0 Å². The van der Waals surface area contributed by atoms with Gasteiger partial charge in [-0.15, -0.1) is 5.10 Å². The van der Waals surface area contributed by atoms with Crippen LogP contribution in [0.4, 0.5) is 5.69 Å². The third-order valence-corrected chi connectivity index (χ3v) is 4.14. The van der Waals surface area contributed by atoms with Crippen molar-refractivity contribution in [2.45, 2.75) is 13.3 Å². The average molecular weight is 344 g/mol. The van der Waals surface area contributed by atoms with Crippen molar-refractivity contribution in [1.29, 1.82) is 0 Å². The Kier molecular flexibility index (Phi) is 4.10. The number of carbonyl (C=O) groups is 1. The topological polar surface area (TPSA) is 85.6 Å². The molecule has 4 aromatic rings. The zero-order valence-corrected chi connectivity index (χ0v) is 14.1. The van der Waals surface area contributed by atoms with Gasteiger partial charge in [-0.1, -0.05) is 24.3 Å². The van der Waals surface area contributed by atoms with E-state index in [1.165, 1.54) is 6.33 Å². The van der Waals surface area contributed by atoms with Gasteiger partial charge < -0.3 is 5.32 Å². The Hall–Kier alpha value is -3.61. The fourth-order valence-electron chi connectivity index (χ4n) is 2.95. The molecule has 0 atom stereocenters. The first-order valence-corrected chi connectivity index (χ1v) is 8.17. The van der Waals surface area contributed by atoms with E-state index in [1.54, 1.807) is 10.9 Å². The summed E-state index contributed by atoms with van der Waals surface area (Å²) in [5.74, 6) is -0.0854. The Morgan fingerprint density at radius 3 is 2.85 bits per heavy atom. The standard InChI is InChI=1S/C19H16N6O/c1-13-10-16(7-8-17(13)25-12-21-23-24-25)22-18(26)11-15-5-2-4-14-6-3-9-20-19(14)15/h2-10,12H,11H2,1H3,(H,22,26). The molecule has 2 aromatic heterocycles. The van der Waals surface area contributed by atoms with E-state index in [0.717, 1.165) is 33.4 Å². The highest BCUT2D eigenvalue weighted by Crippen LogP contribution is 2.20. The van der Waals surface area contributed by atoms with Gasteiger partial charge in [0.25, 0.3) is 0 Å². The molecular weight excluding hydrogens is 328 g/mol. The first-order valence-electron chi connectivity index (χ1n) is 8.17. The molecule has 2 aromatic carbocycles. The van der Waals surface area contributed by atoms with Gasteiger partial charge in [-0.05, 0) is 52.7 Å². The minimum absolute atomic E-state index is 0.0854. The Morgan fingerprint density at radius 1 is 1.15 bits per heavy atom. The van der Waals surface area contributed by atoms with Crippen LogP contribution >= 0.6 is 0 Å². The number of tetrazole rings is 1. The van der Waals surface area contributed by atoms with E-state index < -0.39 is 0 Å². The smallest absolute Gasteiger partial charge is 0.228 e. The number of para-hydroxylation sites is 1. The lowest BCUT2D eigenvalue weighted by Gasteiger charge is -2.10. The molecule has 0 radical (unpaired) electrons. The van der Waals surface area contributed by atoms with Crippen LogP contribution in [0.2, 0.25) is 0 Å². The summed E-state index contributed by atoms with van der Waals surface area (Å²) in [6, 6.07) is 15.4. The van der Waals surface area contributed by atoms with Crippen molar-refractivity contribution >= 4 is 22.5 Å². The molecule has 7 nitrogen and oxygen atoms in total. The van der Waals surface area contributed by atoms with Crippen molar-refractivity contribution in [3.63, 3.8) is 0 Å². The molecule has 7 heteroatoms. The molecule has 1 amide bonds. The monoisotopic (exact) mass is 344 g/mol. The fourth-order valence-corrected chi connectivity index (χ4v) is 2.95. The third-order valence-electron chi connectivity index (χ3n) is 4.14. The predicted octanol–water partition coefficient (Wildman–Crippen LogP) is 2.70. The van der Waals surface area contributed by atoms with Crippen molar-refractivity contribution in [3.8, 4) is 5.69 Å². The summed E-state index contributed by atoms with van der Waals surface area (Å²) in [7, 11) is 0. The molecule has 0 saturated heterocycles. The number of hydrogen-bond acceptors (Lipinski definition) is 5. The van der Waals surface area contributed by atoms with Crippen LogP contribution in [-0.2, 0) is 11.2 Å². The number of hydrogen-bond donors (Lipinski definition) is 1. The van der Waals surface area contributed by atoms with Gasteiger partial charge in [0.2, 0.25) is 5.91 Å². The van der Waals surface area contributed by atoms with Crippen molar-refractivity contribution in [2.24, 2.45) is 0 Å². The van der Waals surface area contributed by atoms with Gasteiger partial charge in [0.15, 0.2) is 0 Å². The lowest BCUT2D eigenvalue weighted by molar-refractivity contribution is -0.115. The maximum Gasteiger partial charge on any atom is 0.228 e. The molecule has 0 bridgehead atoms. The second kappa shape index (κ2) is 6.72. The van der Waals surface area contributed by atoms with Crippen molar-refractivity contribution in [3.05, 3.63) is 72.2 Å². The van der Waals surface area contributed by atoms with E-state index in [0.29, 0.717) is 0 Å². The normalized spacial score (nSPS) is 10.8. The first kappa shape index (κ1) is 15.9. The number of aromatic nitrogens is 5. The van der Waals surface area contributed by atoms with Crippen LogP contribution in [0.1, 0.15) is 11.1 Å². The van der Waals surface area contributed by atoms with Gasteiger partial charge in [0.1, 0.15) is 6.33 Å². The van der Waals surface area contributed by atoms with Crippen LogP contribution in [-0.4, -0.2) is 31.1 Å². The van der Waals surface area contributed by atoms with Gasteiger partial charge in [-0.3, -0.25) is 9.78 Å². The molecule has 0 saturated carbocycles. The predicted molar refractivity (Wildman–Crippen MR) is 98.0 cm³/mol. The number of aryl methyl sites for hydroxylation is 1. The molecule has 0 fully saturated rings. The Labute approximate surface area is 149 Å². The van der Waals surface area contributed by atoms with E-state index >= 15 is 0 Å². The van der Waals surface area contributed by atoms with Gasteiger partial charge in [-0.2, -0.15) is 0 Å². The van der Waals surface area contributed by atoms with E-state index in [2.05, 4.69) is 25.8 Å². The van der Waals surface area contributed by atoms with Crippen LogP contribution in [0.5, 0.6) is 0 Å². The Morgan fingerprint density at radius 2 is 2.04 bits per heavy atom. The number of fused-ring (bicyclic) bond motifs is 1. The largest absolute Gasteiger partial charge is 0.326 e. The van der Waals surface area contributed by atoms with E-state index in [9.17, 15) is 4.79 Å². The highest BCUT2D eigenvalue weighted by molar-refractivity contribution is 5.95. The maximum absolute atomic E-state index is 12.5. The quantitative estimate of drug-likeness (QED) is 0.615. The summed E-state index contributed by atoms with van der Waals surface area (Å²) in [6.45, 7) is 1.95. The molecule has 1 N–H and O–H groups in total. The highest BCUT2D eigenvalue weighted by Gasteiger charge is 2.10. The number of carbonyl (C=O) groups excluding carboxylic acids is 1. The van der Waals surface area contributed by atoms with Gasteiger partial charge in [0.05, 0.1) is 17.6 Å². The maximum atomic E-state index is 12.5. The minimum atomic E-state index is -0.0854. The third kappa shape index (κ3) is 3.14. The molecule has 26 heavy (non-hydrogen) atoms. The zero-order chi connectivity index (χ0) is 17.9. The van der Waals surface area contributed by atoms with E-state index in [1.807, 2.05) is 55.5 Å².